The van der Waals surface area contributed by atoms with Crippen molar-refractivity contribution in [1.29, 1.82) is 0 Å². The molecule has 0 heterocycles. The summed E-state index contributed by atoms with van der Waals surface area (Å²) in [6, 6.07) is 3.34. The molecule has 1 aromatic rings. The topological polar surface area (TPSA) is 17.1 Å². The first kappa shape index (κ1) is 14.2. The van der Waals surface area contributed by atoms with Crippen molar-refractivity contribution in [2.75, 3.05) is 0 Å². The molecule has 1 aromatic carbocycles. The molecule has 19 heavy (non-hydrogen) atoms. The number of rotatable bonds is 3. The van der Waals surface area contributed by atoms with Crippen molar-refractivity contribution in [3.8, 4) is 0 Å². The highest BCUT2D eigenvalue weighted by molar-refractivity contribution is 5.83. The van der Waals surface area contributed by atoms with E-state index in [2.05, 4.69) is 0 Å². The second kappa shape index (κ2) is 6.78. The molecular formula is C16H20F2O. The molecule has 1 aliphatic carbocycles. The SMILES string of the molecule is O=C(Cc1cc(F)cc(F)c1)C1CCCCCCC1. The van der Waals surface area contributed by atoms with Crippen LogP contribution in [-0.4, -0.2) is 5.78 Å². The fourth-order valence-electron chi connectivity index (χ4n) is 2.84. The molecule has 104 valence electrons. The molecule has 1 aliphatic rings. The van der Waals surface area contributed by atoms with Crippen molar-refractivity contribution >= 4 is 5.78 Å². The van der Waals surface area contributed by atoms with Crippen LogP contribution in [-0.2, 0) is 11.2 Å². The van der Waals surface area contributed by atoms with Gasteiger partial charge in [0.25, 0.3) is 0 Å². The molecule has 2 rings (SSSR count). The normalized spacial score (nSPS) is 17.8. The summed E-state index contributed by atoms with van der Waals surface area (Å²) in [7, 11) is 0. The number of carbonyl (C=O) groups is 1. The Bertz CT molecular complexity index is 414. The Labute approximate surface area is 113 Å². The number of hydrogen-bond acceptors (Lipinski definition) is 1. The van der Waals surface area contributed by atoms with Gasteiger partial charge in [-0.3, -0.25) is 4.79 Å². The molecule has 1 saturated carbocycles. The number of Topliss-reactive ketones (excluding diaryl/α,β-unsaturated/α-hetero) is 1. The molecule has 0 atom stereocenters. The minimum absolute atomic E-state index is 0.0756. The second-order valence-electron chi connectivity index (χ2n) is 5.46. The standard InChI is InChI=1S/C16H20F2O/c17-14-8-12(9-15(18)11-14)10-16(19)13-6-4-2-1-3-5-7-13/h8-9,11,13H,1-7,10H2. The van der Waals surface area contributed by atoms with Crippen molar-refractivity contribution < 1.29 is 13.6 Å². The van der Waals surface area contributed by atoms with Crippen LogP contribution in [0.4, 0.5) is 8.78 Å². The van der Waals surface area contributed by atoms with Crippen molar-refractivity contribution in [1.82, 2.24) is 0 Å². The molecule has 0 radical (unpaired) electrons. The van der Waals surface area contributed by atoms with Gasteiger partial charge in [0.05, 0.1) is 0 Å². The van der Waals surface area contributed by atoms with Crippen molar-refractivity contribution in [3.63, 3.8) is 0 Å². The zero-order valence-corrected chi connectivity index (χ0v) is 11.1. The lowest BCUT2D eigenvalue weighted by Gasteiger charge is -2.18. The van der Waals surface area contributed by atoms with Gasteiger partial charge in [-0.25, -0.2) is 8.78 Å². The molecule has 0 aliphatic heterocycles. The maximum Gasteiger partial charge on any atom is 0.140 e. The monoisotopic (exact) mass is 266 g/mol. The molecule has 1 nitrogen and oxygen atoms in total. The van der Waals surface area contributed by atoms with Crippen LogP contribution >= 0.6 is 0 Å². The zero-order chi connectivity index (χ0) is 13.7. The van der Waals surface area contributed by atoms with Gasteiger partial charge in [0, 0.05) is 18.4 Å². The lowest BCUT2D eigenvalue weighted by atomic mass is 9.86. The first-order chi connectivity index (χ1) is 9.15. The number of ketones is 1. The Balaban J connectivity index is 1.98. The van der Waals surface area contributed by atoms with E-state index in [-0.39, 0.29) is 18.1 Å². The second-order valence-corrected chi connectivity index (χ2v) is 5.46. The molecule has 3 heteroatoms. The summed E-state index contributed by atoms with van der Waals surface area (Å²) in [5, 5.41) is 0. The van der Waals surface area contributed by atoms with Crippen LogP contribution in [0.3, 0.4) is 0 Å². The maximum atomic E-state index is 13.1. The molecule has 1 fully saturated rings. The van der Waals surface area contributed by atoms with Crippen LogP contribution in [0, 0.1) is 17.6 Å². The zero-order valence-electron chi connectivity index (χ0n) is 11.1. The van der Waals surface area contributed by atoms with Crippen molar-refractivity contribution in [3.05, 3.63) is 35.4 Å². The van der Waals surface area contributed by atoms with E-state index in [1.165, 1.54) is 31.4 Å². The Morgan fingerprint density at radius 2 is 1.47 bits per heavy atom. The summed E-state index contributed by atoms with van der Waals surface area (Å²) < 4.78 is 26.2. The van der Waals surface area contributed by atoms with Gasteiger partial charge in [0.2, 0.25) is 0 Å². The van der Waals surface area contributed by atoms with E-state index in [1.807, 2.05) is 0 Å². The largest absolute Gasteiger partial charge is 0.299 e. The van der Waals surface area contributed by atoms with Gasteiger partial charge in [-0.05, 0) is 30.5 Å². The third kappa shape index (κ3) is 4.41. The summed E-state index contributed by atoms with van der Waals surface area (Å²) in [6.07, 6.45) is 7.83. The first-order valence-electron chi connectivity index (χ1n) is 7.13. The predicted octanol–water partition coefficient (Wildman–Crippen LogP) is 4.44. The molecule has 0 unspecified atom stereocenters. The van der Waals surface area contributed by atoms with Crippen LogP contribution in [0.1, 0.15) is 50.5 Å². The van der Waals surface area contributed by atoms with E-state index in [0.717, 1.165) is 31.7 Å². The number of carbonyl (C=O) groups excluding carboxylic acids is 1. The Morgan fingerprint density at radius 3 is 2.05 bits per heavy atom. The Morgan fingerprint density at radius 1 is 0.947 bits per heavy atom. The van der Waals surface area contributed by atoms with E-state index in [4.69, 9.17) is 0 Å². The third-order valence-electron chi connectivity index (χ3n) is 3.86. The molecule has 0 aromatic heterocycles. The van der Waals surface area contributed by atoms with E-state index < -0.39 is 11.6 Å². The van der Waals surface area contributed by atoms with Gasteiger partial charge >= 0.3 is 0 Å². The summed E-state index contributed by atoms with van der Waals surface area (Å²) >= 11 is 0. The summed E-state index contributed by atoms with van der Waals surface area (Å²) in [4.78, 5) is 12.2. The van der Waals surface area contributed by atoms with Crippen LogP contribution in [0.15, 0.2) is 18.2 Å². The van der Waals surface area contributed by atoms with E-state index in [0.29, 0.717) is 5.56 Å². The number of hydrogen-bond donors (Lipinski definition) is 0. The minimum atomic E-state index is -0.611. The fourth-order valence-corrected chi connectivity index (χ4v) is 2.84. The number of benzene rings is 1. The van der Waals surface area contributed by atoms with E-state index in [1.54, 1.807) is 0 Å². The van der Waals surface area contributed by atoms with Crippen LogP contribution < -0.4 is 0 Å². The highest BCUT2D eigenvalue weighted by atomic mass is 19.1. The van der Waals surface area contributed by atoms with Gasteiger partial charge in [-0.15, -0.1) is 0 Å². The van der Waals surface area contributed by atoms with Gasteiger partial charge in [0.15, 0.2) is 0 Å². The highest BCUT2D eigenvalue weighted by Gasteiger charge is 2.19. The van der Waals surface area contributed by atoms with Gasteiger partial charge in [-0.1, -0.05) is 32.1 Å². The van der Waals surface area contributed by atoms with E-state index >= 15 is 0 Å². The molecule has 0 bridgehead atoms. The Kier molecular flexibility index (Phi) is 5.06. The molecule has 0 amide bonds. The van der Waals surface area contributed by atoms with Gasteiger partial charge in [0.1, 0.15) is 17.4 Å². The van der Waals surface area contributed by atoms with Gasteiger partial charge < -0.3 is 0 Å². The molecular weight excluding hydrogens is 246 g/mol. The average molecular weight is 266 g/mol. The fraction of sp³-hybridized carbons (Fsp3) is 0.562. The van der Waals surface area contributed by atoms with E-state index in [9.17, 15) is 13.6 Å². The summed E-state index contributed by atoms with van der Waals surface area (Å²) in [5.74, 6) is -1.01. The number of halogens is 2. The maximum absolute atomic E-state index is 13.1. The predicted molar refractivity (Wildman–Crippen MR) is 70.9 cm³/mol. The average Bonchev–Trinajstić information content (AvgIpc) is 2.26. The van der Waals surface area contributed by atoms with Crippen LogP contribution in [0.25, 0.3) is 0 Å². The smallest absolute Gasteiger partial charge is 0.140 e. The summed E-state index contributed by atoms with van der Waals surface area (Å²) in [6.45, 7) is 0. The Hall–Kier alpha value is -1.25. The quantitative estimate of drug-likeness (QED) is 0.790. The first-order valence-corrected chi connectivity index (χ1v) is 7.13. The molecule has 0 N–H and O–H groups in total. The lowest BCUT2D eigenvalue weighted by Crippen LogP contribution is -2.18. The van der Waals surface area contributed by atoms with Crippen LogP contribution in [0.5, 0.6) is 0 Å². The molecule has 0 saturated heterocycles. The van der Waals surface area contributed by atoms with Crippen molar-refractivity contribution in [2.24, 2.45) is 5.92 Å². The summed E-state index contributed by atoms with van der Waals surface area (Å²) in [5.41, 5.74) is 0.449. The van der Waals surface area contributed by atoms with Crippen LogP contribution in [0.2, 0.25) is 0 Å². The lowest BCUT2D eigenvalue weighted by molar-refractivity contribution is -0.122. The van der Waals surface area contributed by atoms with Gasteiger partial charge in [-0.2, -0.15) is 0 Å². The highest BCUT2D eigenvalue weighted by Crippen LogP contribution is 2.24. The molecule has 0 spiro atoms. The van der Waals surface area contributed by atoms with Crippen molar-refractivity contribution in [2.45, 2.75) is 51.4 Å². The minimum Gasteiger partial charge on any atom is -0.299 e. The third-order valence-corrected chi connectivity index (χ3v) is 3.86.